The molecule has 0 saturated heterocycles. The first kappa shape index (κ1) is 27.9. The minimum Gasteiger partial charge on any atom is -0.493 e. The molecule has 0 bridgehead atoms. The van der Waals surface area contributed by atoms with Crippen molar-refractivity contribution in [2.24, 2.45) is 5.92 Å². The number of nitrogens with zero attached hydrogens (tertiary/aromatic N) is 4. The van der Waals surface area contributed by atoms with E-state index in [1.807, 2.05) is 54.0 Å². The summed E-state index contributed by atoms with van der Waals surface area (Å²) in [6.45, 7) is 5.65. The summed E-state index contributed by atoms with van der Waals surface area (Å²) in [7, 11) is 1.67. The Labute approximate surface area is 238 Å². The Kier molecular flexibility index (Phi) is 8.52. The monoisotopic (exact) mass is 563 g/mol. The Morgan fingerprint density at radius 2 is 1.93 bits per heavy atom. The van der Waals surface area contributed by atoms with E-state index in [2.05, 4.69) is 22.2 Å². The molecular formula is C30H34ClN5O4. The maximum atomic E-state index is 12.0. The van der Waals surface area contributed by atoms with Gasteiger partial charge in [0.2, 0.25) is 5.82 Å². The molecule has 1 unspecified atom stereocenters. The lowest BCUT2D eigenvalue weighted by Crippen LogP contribution is -2.31. The second-order valence-electron chi connectivity index (χ2n) is 10.3. The van der Waals surface area contributed by atoms with Crippen molar-refractivity contribution in [1.29, 1.82) is 0 Å². The van der Waals surface area contributed by atoms with E-state index in [-0.39, 0.29) is 11.9 Å². The lowest BCUT2D eigenvalue weighted by atomic mass is 9.80. The number of nitrogens with one attached hydrogen (secondary N) is 1. The number of fused-ring (bicyclic) bond motifs is 1. The van der Waals surface area contributed by atoms with Crippen LogP contribution >= 0.6 is 11.6 Å². The van der Waals surface area contributed by atoms with Crippen LogP contribution < -0.4 is 10.1 Å². The number of halogens is 1. The number of ether oxygens (including phenoxy) is 2. The van der Waals surface area contributed by atoms with Crippen molar-refractivity contribution in [2.45, 2.75) is 52.1 Å². The molecule has 1 fully saturated rings. The molecule has 210 valence electrons. The van der Waals surface area contributed by atoms with Gasteiger partial charge in [-0.05, 0) is 62.4 Å². The Balaban J connectivity index is 1.69. The second-order valence-corrected chi connectivity index (χ2v) is 10.8. The minimum absolute atomic E-state index is 0.120. The standard InChI is InChI=1S/C30H34ClN5O4/c1-18-8-13-24(40-15-5-14-39-3)23(16-18)29-35-27-25(36(29)17-20-9-11-22(31)12-10-20)26(33-28(34-27)30(37)38)32-19(2)21-6-4-7-21/h8-13,16,19,21H,4-7,14-15,17H2,1-3H3,(H,37,38)(H,32,33,34). The van der Waals surface area contributed by atoms with Gasteiger partial charge in [-0.2, -0.15) is 0 Å². The molecule has 0 amide bonds. The molecule has 2 aromatic carbocycles. The first-order chi connectivity index (χ1) is 19.3. The van der Waals surface area contributed by atoms with E-state index in [9.17, 15) is 9.90 Å². The van der Waals surface area contributed by atoms with Crippen molar-refractivity contribution in [3.63, 3.8) is 0 Å². The third-order valence-electron chi connectivity index (χ3n) is 7.40. The molecule has 1 saturated carbocycles. The predicted molar refractivity (Wildman–Crippen MR) is 155 cm³/mol. The molecule has 1 aliphatic carbocycles. The second kappa shape index (κ2) is 12.2. The lowest BCUT2D eigenvalue weighted by Gasteiger charge is -2.32. The number of hydrogen-bond acceptors (Lipinski definition) is 7. The summed E-state index contributed by atoms with van der Waals surface area (Å²) in [6.07, 6.45) is 4.22. The van der Waals surface area contributed by atoms with Crippen molar-refractivity contribution < 1.29 is 19.4 Å². The number of hydrogen-bond donors (Lipinski definition) is 2. The van der Waals surface area contributed by atoms with Crippen molar-refractivity contribution >= 4 is 34.6 Å². The zero-order valence-corrected chi connectivity index (χ0v) is 23.7. The topological polar surface area (TPSA) is 111 Å². The fourth-order valence-electron chi connectivity index (χ4n) is 4.97. The number of rotatable bonds is 12. The van der Waals surface area contributed by atoms with Gasteiger partial charge in [-0.15, -0.1) is 0 Å². The van der Waals surface area contributed by atoms with Crippen LogP contribution in [0.25, 0.3) is 22.6 Å². The molecular weight excluding hydrogens is 530 g/mol. The Bertz CT molecular complexity index is 1500. The molecule has 2 heterocycles. The van der Waals surface area contributed by atoms with E-state index in [1.165, 1.54) is 6.42 Å². The first-order valence-corrected chi connectivity index (χ1v) is 14.0. The predicted octanol–water partition coefficient (Wildman–Crippen LogP) is 6.22. The van der Waals surface area contributed by atoms with Crippen LogP contribution in [0.3, 0.4) is 0 Å². The van der Waals surface area contributed by atoms with Gasteiger partial charge in [0.1, 0.15) is 17.1 Å². The van der Waals surface area contributed by atoms with Gasteiger partial charge < -0.3 is 24.5 Å². The van der Waals surface area contributed by atoms with Gasteiger partial charge in [-0.3, -0.25) is 0 Å². The van der Waals surface area contributed by atoms with Gasteiger partial charge in [-0.25, -0.2) is 19.7 Å². The first-order valence-electron chi connectivity index (χ1n) is 13.6. The maximum Gasteiger partial charge on any atom is 0.374 e. The van der Waals surface area contributed by atoms with Gasteiger partial charge >= 0.3 is 5.97 Å². The smallest absolute Gasteiger partial charge is 0.374 e. The Morgan fingerprint density at radius 3 is 2.60 bits per heavy atom. The number of carboxylic acids is 1. The molecule has 5 rings (SSSR count). The molecule has 0 radical (unpaired) electrons. The summed E-state index contributed by atoms with van der Waals surface area (Å²) in [4.78, 5) is 25.7. The molecule has 0 spiro atoms. The lowest BCUT2D eigenvalue weighted by molar-refractivity contribution is 0.0684. The van der Waals surface area contributed by atoms with Crippen molar-refractivity contribution in [3.8, 4) is 17.1 Å². The average molecular weight is 564 g/mol. The molecule has 1 aliphatic rings. The van der Waals surface area contributed by atoms with Gasteiger partial charge in [-0.1, -0.05) is 41.8 Å². The number of aromatic carboxylic acids is 1. The van der Waals surface area contributed by atoms with E-state index in [0.717, 1.165) is 36.0 Å². The molecule has 2 aromatic heterocycles. The summed E-state index contributed by atoms with van der Waals surface area (Å²) < 4.78 is 13.4. The van der Waals surface area contributed by atoms with Crippen LogP contribution in [0.5, 0.6) is 5.75 Å². The molecule has 9 nitrogen and oxygen atoms in total. The zero-order valence-electron chi connectivity index (χ0n) is 23.0. The SMILES string of the molecule is COCCCOc1ccc(C)cc1-c1nc2nc(C(=O)O)nc(NC(C)C3CCC3)c2n1Cc1ccc(Cl)cc1. The summed E-state index contributed by atoms with van der Waals surface area (Å²) >= 11 is 6.17. The van der Waals surface area contributed by atoms with Crippen LogP contribution in [0.2, 0.25) is 5.02 Å². The maximum absolute atomic E-state index is 12.0. The quantitative estimate of drug-likeness (QED) is 0.195. The van der Waals surface area contributed by atoms with Gasteiger partial charge in [0, 0.05) is 37.7 Å². The summed E-state index contributed by atoms with van der Waals surface area (Å²) in [5.41, 5.74) is 3.79. The van der Waals surface area contributed by atoms with Gasteiger partial charge in [0.15, 0.2) is 11.5 Å². The van der Waals surface area contributed by atoms with Crippen LogP contribution in [0.1, 0.15) is 54.4 Å². The molecule has 40 heavy (non-hydrogen) atoms. The van der Waals surface area contributed by atoms with Crippen LogP contribution in [0.4, 0.5) is 5.82 Å². The van der Waals surface area contributed by atoms with E-state index < -0.39 is 5.97 Å². The number of methoxy groups -OCH3 is 1. The summed E-state index contributed by atoms with van der Waals surface area (Å²) in [5.74, 6) is 0.773. The van der Waals surface area contributed by atoms with Gasteiger partial charge in [0.05, 0.1) is 12.2 Å². The largest absolute Gasteiger partial charge is 0.493 e. The number of carboxylic acid groups (broad SMARTS) is 1. The number of carbonyl (C=O) groups is 1. The fourth-order valence-corrected chi connectivity index (χ4v) is 5.09. The minimum atomic E-state index is -1.20. The highest BCUT2D eigenvalue weighted by molar-refractivity contribution is 6.30. The number of benzene rings is 2. The fraction of sp³-hybridized carbons (Fsp3) is 0.400. The van der Waals surface area contributed by atoms with Crippen molar-refractivity contribution in [3.05, 3.63) is 64.4 Å². The summed E-state index contributed by atoms with van der Waals surface area (Å²) in [6, 6.07) is 13.7. The molecule has 2 N–H and O–H groups in total. The van der Waals surface area contributed by atoms with E-state index in [0.29, 0.717) is 59.3 Å². The van der Waals surface area contributed by atoms with Crippen LogP contribution in [0.15, 0.2) is 42.5 Å². The van der Waals surface area contributed by atoms with Crippen molar-refractivity contribution in [2.75, 3.05) is 25.6 Å². The van der Waals surface area contributed by atoms with E-state index >= 15 is 0 Å². The van der Waals surface area contributed by atoms with Crippen molar-refractivity contribution in [1.82, 2.24) is 19.5 Å². The molecule has 4 aromatic rings. The highest BCUT2D eigenvalue weighted by Gasteiger charge is 2.28. The molecule has 0 aliphatic heterocycles. The van der Waals surface area contributed by atoms with Crippen LogP contribution in [-0.2, 0) is 11.3 Å². The third kappa shape index (κ3) is 6.05. The molecule has 10 heteroatoms. The average Bonchev–Trinajstić information content (AvgIpc) is 3.25. The van der Waals surface area contributed by atoms with Gasteiger partial charge in [0.25, 0.3) is 0 Å². The Hall–Kier alpha value is -3.69. The summed E-state index contributed by atoms with van der Waals surface area (Å²) in [5, 5.41) is 14.0. The number of anilines is 1. The normalized spacial score (nSPS) is 14.2. The highest BCUT2D eigenvalue weighted by atomic mass is 35.5. The number of aryl methyl sites for hydroxylation is 1. The number of aromatic nitrogens is 4. The van der Waals surface area contributed by atoms with Crippen LogP contribution in [-0.4, -0.2) is 57.0 Å². The molecule has 1 atom stereocenters. The zero-order chi connectivity index (χ0) is 28.2. The van der Waals surface area contributed by atoms with Crippen LogP contribution in [0, 0.1) is 12.8 Å². The highest BCUT2D eigenvalue weighted by Crippen LogP contribution is 2.37. The third-order valence-corrected chi connectivity index (χ3v) is 7.65. The Morgan fingerprint density at radius 1 is 1.15 bits per heavy atom. The van der Waals surface area contributed by atoms with E-state index in [1.54, 1.807) is 7.11 Å². The number of imidazole rings is 1. The van der Waals surface area contributed by atoms with E-state index in [4.69, 9.17) is 26.1 Å².